The van der Waals surface area contributed by atoms with E-state index >= 15 is 0 Å². The van der Waals surface area contributed by atoms with Crippen molar-refractivity contribution in [1.29, 1.82) is 0 Å². The first-order chi connectivity index (χ1) is 13.9. The van der Waals surface area contributed by atoms with Crippen LogP contribution in [0.4, 0.5) is 0 Å². The highest BCUT2D eigenvalue weighted by molar-refractivity contribution is 5.94. The third-order valence-corrected chi connectivity index (χ3v) is 5.03. The Bertz CT molecular complexity index is 961. The van der Waals surface area contributed by atoms with E-state index in [1.165, 1.54) is 0 Å². The van der Waals surface area contributed by atoms with Crippen LogP contribution in [0.5, 0.6) is 0 Å². The summed E-state index contributed by atoms with van der Waals surface area (Å²) >= 11 is 0. The second-order valence-corrected chi connectivity index (χ2v) is 7.48. The average Bonchev–Trinajstić information content (AvgIpc) is 3.15. The van der Waals surface area contributed by atoms with E-state index < -0.39 is 11.9 Å². The fourth-order valence-electron chi connectivity index (χ4n) is 3.38. The van der Waals surface area contributed by atoms with Crippen molar-refractivity contribution >= 4 is 11.9 Å². The molecule has 1 unspecified atom stereocenters. The number of nitrogens with one attached hydrogen (secondary N) is 1. The summed E-state index contributed by atoms with van der Waals surface area (Å²) < 4.78 is 1.81. The molecule has 1 heterocycles. The summed E-state index contributed by atoms with van der Waals surface area (Å²) in [7, 11) is 1.86. The van der Waals surface area contributed by atoms with Crippen LogP contribution in [-0.2, 0) is 18.3 Å². The van der Waals surface area contributed by atoms with Gasteiger partial charge in [0.1, 0.15) is 0 Å². The number of rotatable bonds is 8. The van der Waals surface area contributed by atoms with Crippen LogP contribution in [0.1, 0.15) is 29.3 Å². The molecule has 0 saturated heterocycles. The molecule has 0 aliphatic carbocycles. The van der Waals surface area contributed by atoms with E-state index in [1.807, 2.05) is 48.1 Å². The maximum atomic E-state index is 12.6. The van der Waals surface area contributed by atoms with Gasteiger partial charge in [0.15, 0.2) is 0 Å². The number of aromatic nitrogens is 1. The predicted octanol–water partition coefficient (Wildman–Crippen LogP) is 4.14. The Kier molecular flexibility index (Phi) is 6.50. The Balaban J connectivity index is 1.73. The van der Waals surface area contributed by atoms with Gasteiger partial charge in [0.25, 0.3) is 5.91 Å². The van der Waals surface area contributed by atoms with Gasteiger partial charge in [-0.15, -0.1) is 0 Å². The van der Waals surface area contributed by atoms with Crippen LogP contribution in [0.15, 0.2) is 73.1 Å². The third kappa shape index (κ3) is 5.57. The molecule has 0 aliphatic heterocycles. The summed E-state index contributed by atoms with van der Waals surface area (Å²) in [6.07, 6.45) is 4.51. The van der Waals surface area contributed by atoms with Crippen LogP contribution in [-0.4, -0.2) is 27.6 Å². The zero-order chi connectivity index (χ0) is 20.8. The predicted molar refractivity (Wildman–Crippen MR) is 114 cm³/mol. The normalized spacial score (nSPS) is 12.9. The van der Waals surface area contributed by atoms with Gasteiger partial charge in [0.2, 0.25) is 0 Å². The van der Waals surface area contributed by atoms with E-state index in [2.05, 4.69) is 29.6 Å². The highest BCUT2D eigenvalue weighted by Crippen LogP contribution is 2.21. The molecule has 5 heteroatoms. The fraction of sp³-hybridized carbons (Fsp3) is 0.250. The highest BCUT2D eigenvalue weighted by atomic mass is 16.4. The number of aryl methyl sites for hydroxylation is 1. The van der Waals surface area contributed by atoms with E-state index in [0.717, 1.165) is 16.7 Å². The number of carbonyl (C=O) groups is 2. The van der Waals surface area contributed by atoms with Crippen LogP contribution >= 0.6 is 0 Å². The maximum Gasteiger partial charge on any atom is 0.306 e. The van der Waals surface area contributed by atoms with Gasteiger partial charge in [-0.25, -0.2) is 0 Å². The molecular formula is C24H26N2O3. The maximum absolute atomic E-state index is 12.6. The standard InChI is InChI=1S/C24H26N2O3/c1-17(24(28)29)14-22(25-23(27)21-12-13-26(2)16-21)15-18-8-10-20(11-9-18)19-6-4-3-5-7-19/h3-13,16-17,22H,14-15H2,1-2H3,(H,25,27)(H,28,29)/t17-,22?/m1/s1. The van der Waals surface area contributed by atoms with Gasteiger partial charge in [0.05, 0.1) is 11.5 Å². The van der Waals surface area contributed by atoms with Gasteiger partial charge in [-0.2, -0.15) is 0 Å². The number of carbonyl (C=O) groups excluding carboxylic acids is 1. The van der Waals surface area contributed by atoms with Crippen LogP contribution in [0, 0.1) is 5.92 Å². The number of hydrogen-bond acceptors (Lipinski definition) is 2. The first kappa shape index (κ1) is 20.4. The molecule has 0 bridgehead atoms. The lowest BCUT2D eigenvalue weighted by Crippen LogP contribution is -2.38. The molecule has 0 radical (unpaired) electrons. The second-order valence-electron chi connectivity index (χ2n) is 7.48. The summed E-state index contributed by atoms with van der Waals surface area (Å²) in [4.78, 5) is 23.9. The van der Waals surface area contributed by atoms with Crippen molar-refractivity contribution in [3.8, 4) is 11.1 Å². The SMILES string of the molecule is C[C@H](CC(Cc1ccc(-c2ccccc2)cc1)NC(=O)c1ccn(C)c1)C(=O)O. The molecule has 0 spiro atoms. The molecular weight excluding hydrogens is 364 g/mol. The molecule has 2 aromatic carbocycles. The van der Waals surface area contributed by atoms with Gasteiger partial charge in [0, 0.05) is 25.5 Å². The largest absolute Gasteiger partial charge is 0.481 e. The van der Waals surface area contributed by atoms with Crippen LogP contribution in [0.25, 0.3) is 11.1 Å². The van der Waals surface area contributed by atoms with Crippen molar-refractivity contribution < 1.29 is 14.7 Å². The zero-order valence-electron chi connectivity index (χ0n) is 16.7. The van der Waals surface area contributed by atoms with E-state index in [-0.39, 0.29) is 11.9 Å². The monoisotopic (exact) mass is 390 g/mol. The lowest BCUT2D eigenvalue weighted by atomic mass is 9.94. The van der Waals surface area contributed by atoms with Gasteiger partial charge in [-0.1, -0.05) is 61.5 Å². The Morgan fingerprint density at radius 2 is 1.66 bits per heavy atom. The number of nitrogens with zero attached hydrogens (tertiary/aromatic N) is 1. The Labute approximate surface area is 171 Å². The number of aliphatic carboxylic acids is 1. The van der Waals surface area contributed by atoms with E-state index in [0.29, 0.717) is 18.4 Å². The number of carboxylic acids is 1. The minimum absolute atomic E-state index is 0.186. The van der Waals surface area contributed by atoms with Crippen molar-refractivity contribution in [2.24, 2.45) is 13.0 Å². The highest BCUT2D eigenvalue weighted by Gasteiger charge is 2.21. The molecule has 150 valence electrons. The summed E-state index contributed by atoms with van der Waals surface area (Å²) in [5.74, 6) is -1.59. The molecule has 2 N–H and O–H groups in total. The lowest BCUT2D eigenvalue weighted by molar-refractivity contribution is -0.141. The number of amides is 1. The first-order valence-corrected chi connectivity index (χ1v) is 9.72. The van der Waals surface area contributed by atoms with Crippen molar-refractivity contribution in [2.75, 3.05) is 0 Å². The van der Waals surface area contributed by atoms with Crippen molar-refractivity contribution in [2.45, 2.75) is 25.8 Å². The van der Waals surface area contributed by atoms with E-state index in [1.54, 1.807) is 19.2 Å². The Morgan fingerprint density at radius 3 is 2.24 bits per heavy atom. The van der Waals surface area contributed by atoms with Gasteiger partial charge < -0.3 is 15.0 Å². The number of carboxylic acid groups (broad SMARTS) is 1. The minimum atomic E-state index is -0.858. The summed E-state index contributed by atoms with van der Waals surface area (Å²) in [5, 5.41) is 12.3. The minimum Gasteiger partial charge on any atom is -0.481 e. The lowest BCUT2D eigenvalue weighted by Gasteiger charge is -2.21. The van der Waals surface area contributed by atoms with E-state index in [9.17, 15) is 14.7 Å². The molecule has 1 amide bonds. The molecule has 0 saturated carbocycles. The topological polar surface area (TPSA) is 71.3 Å². The Hall–Kier alpha value is -3.34. The fourth-order valence-corrected chi connectivity index (χ4v) is 3.38. The number of hydrogen-bond donors (Lipinski definition) is 2. The zero-order valence-corrected chi connectivity index (χ0v) is 16.7. The average molecular weight is 390 g/mol. The summed E-state index contributed by atoms with van der Waals surface area (Å²) in [6, 6.07) is 19.8. The molecule has 5 nitrogen and oxygen atoms in total. The molecule has 1 aromatic heterocycles. The van der Waals surface area contributed by atoms with Gasteiger partial charge in [-0.3, -0.25) is 9.59 Å². The third-order valence-electron chi connectivity index (χ3n) is 5.03. The van der Waals surface area contributed by atoms with Crippen LogP contribution < -0.4 is 5.32 Å². The van der Waals surface area contributed by atoms with Crippen LogP contribution in [0.3, 0.4) is 0 Å². The first-order valence-electron chi connectivity index (χ1n) is 9.72. The summed E-state index contributed by atoms with van der Waals surface area (Å²) in [5.41, 5.74) is 3.89. The molecule has 0 aliphatic rings. The molecule has 3 aromatic rings. The van der Waals surface area contributed by atoms with Crippen molar-refractivity contribution in [1.82, 2.24) is 9.88 Å². The molecule has 0 fully saturated rings. The molecule has 2 atom stereocenters. The number of benzene rings is 2. The van der Waals surface area contributed by atoms with Crippen molar-refractivity contribution in [3.05, 3.63) is 84.2 Å². The molecule has 29 heavy (non-hydrogen) atoms. The quantitative estimate of drug-likeness (QED) is 0.607. The second kappa shape index (κ2) is 9.24. The van der Waals surface area contributed by atoms with Gasteiger partial charge in [-0.05, 0) is 35.6 Å². The Morgan fingerprint density at radius 1 is 1.00 bits per heavy atom. The molecule has 3 rings (SSSR count). The van der Waals surface area contributed by atoms with Gasteiger partial charge >= 0.3 is 5.97 Å². The summed E-state index contributed by atoms with van der Waals surface area (Å²) in [6.45, 7) is 1.67. The smallest absolute Gasteiger partial charge is 0.306 e. The van der Waals surface area contributed by atoms with E-state index in [4.69, 9.17) is 0 Å². The van der Waals surface area contributed by atoms with Crippen molar-refractivity contribution in [3.63, 3.8) is 0 Å². The van der Waals surface area contributed by atoms with Crippen LogP contribution in [0.2, 0.25) is 0 Å².